The van der Waals surface area contributed by atoms with Gasteiger partial charge in [-0.15, -0.1) is 0 Å². The first kappa shape index (κ1) is 11.5. The maximum Gasteiger partial charge on any atom is 0.354 e. The summed E-state index contributed by atoms with van der Waals surface area (Å²) in [4.78, 5) is 17.2. The average molecular weight is 248 g/mol. The Balaban J connectivity index is 1.71. The largest absolute Gasteiger partial charge is 0.477 e. The fourth-order valence-corrected chi connectivity index (χ4v) is 2.49. The molecular weight excluding hydrogens is 232 g/mol. The molecule has 3 heterocycles. The Bertz CT molecular complexity index is 479. The van der Waals surface area contributed by atoms with Gasteiger partial charge >= 0.3 is 5.97 Å². The monoisotopic (exact) mass is 248 g/mol. The summed E-state index contributed by atoms with van der Waals surface area (Å²) in [6.07, 6.45) is 0. The highest BCUT2D eigenvalue weighted by molar-refractivity contribution is 5.86. The van der Waals surface area contributed by atoms with Gasteiger partial charge in [-0.3, -0.25) is 0 Å². The summed E-state index contributed by atoms with van der Waals surface area (Å²) in [5, 5.41) is 9.00. The van der Waals surface area contributed by atoms with E-state index in [2.05, 4.69) is 9.88 Å². The smallest absolute Gasteiger partial charge is 0.354 e. The van der Waals surface area contributed by atoms with Crippen LogP contribution in [0.4, 0.5) is 5.69 Å². The minimum absolute atomic E-state index is 0.125. The molecule has 0 radical (unpaired) electrons. The molecule has 5 nitrogen and oxygen atoms in total. The number of nitrogens with zero attached hydrogens (tertiary/aromatic N) is 2. The third-order valence-corrected chi connectivity index (χ3v) is 3.76. The lowest BCUT2D eigenvalue weighted by molar-refractivity contribution is -0.0659. The van der Waals surface area contributed by atoms with Crippen LogP contribution in [0.2, 0.25) is 0 Å². The van der Waals surface area contributed by atoms with Crippen LogP contribution in [0.15, 0.2) is 12.1 Å². The number of hydrogen-bond donors (Lipinski definition) is 1. The average Bonchev–Trinajstić information content (AvgIpc) is 2.18. The first-order chi connectivity index (χ1) is 8.63. The molecule has 18 heavy (non-hydrogen) atoms. The van der Waals surface area contributed by atoms with E-state index in [-0.39, 0.29) is 5.69 Å². The molecule has 1 aromatic heterocycles. The zero-order valence-electron chi connectivity index (χ0n) is 10.3. The van der Waals surface area contributed by atoms with Crippen molar-refractivity contribution in [3.05, 3.63) is 23.5 Å². The predicted octanol–water partition coefficient (Wildman–Crippen LogP) is 1.17. The molecule has 96 valence electrons. The summed E-state index contributed by atoms with van der Waals surface area (Å²) in [7, 11) is 0. The molecule has 2 aliphatic heterocycles. The van der Waals surface area contributed by atoms with Crippen LogP contribution in [-0.2, 0) is 4.74 Å². The molecule has 2 fully saturated rings. The van der Waals surface area contributed by atoms with Gasteiger partial charge in [0.25, 0.3) is 0 Å². The Kier molecular flexibility index (Phi) is 2.70. The lowest BCUT2D eigenvalue weighted by atomic mass is 9.84. The van der Waals surface area contributed by atoms with Gasteiger partial charge in [-0.25, -0.2) is 9.78 Å². The fraction of sp³-hybridized carbons (Fsp3) is 0.538. The highest BCUT2D eigenvalue weighted by Gasteiger charge is 2.37. The Morgan fingerprint density at radius 1 is 1.39 bits per heavy atom. The SMILES string of the molecule is Cc1cc(N2CC(C3COC3)C2)cc(C(=O)O)n1. The topological polar surface area (TPSA) is 62.7 Å². The van der Waals surface area contributed by atoms with E-state index in [0.717, 1.165) is 37.7 Å². The molecule has 0 aromatic carbocycles. The van der Waals surface area contributed by atoms with Gasteiger partial charge < -0.3 is 14.7 Å². The molecule has 0 unspecified atom stereocenters. The number of ether oxygens (including phenoxy) is 1. The molecule has 2 saturated heterocycles. The molecule has 5 heteroatoms. The van der Waals surface area contributed by atoms with Crippen LogP contribution in [0.3, 0.4) is 0 Å². The van der Waals surface area contributed by atoms with E-state index in [0.29, 0.717) is 11.8 Å². The molecule has 0 aliphatic carbocycles. The number of anilines is 1. The fourth-order valence-electron chi connectivity index (χ4n) is 2.49. The van der Waals surface area contributed by atoms with Crippen molar-refractivity contribution < 1.29 is 14.6 Å². The molecule has 0 saturated carbocycles. The quantitative estimate of drug-likeness (QED) is 0.870. The van der Waals surface area contributed by atoms with Crippen molar-refractivity contribution in [3.8, 4) is 0 Å². The van der Waals surface area contributed by atoms with E-state index in [1.807, 2.05) is 13.0 Å². The summed E-state index contributed by atoms with van der Waals surface area (Å²) >= 11 is 0. The number of pyridine rings is 1. The van der Waals surface area contributed by atoms with E-state index in [9.17, 15) is 4.79 Å². The molecule has 1 N–H and O–H groups in total. The molecule has 0 atom stereocenters. The number of rotatable bonds is 3. The zero-order valence-corrected chi connectivity index (χ0v) is 10.3. The summed E-state index contributed by atoms with van der Waals surface area (Å²) in [6, 6.07) is 3.60. The minimum Gasteiger partial charge on any atom is -0.477 e. The van der Waals surface area contributed by atoms with Crippen molar-refractivity contribution in [2.24, 2.45) is 11.8 Å². The number of aromatic nitrogens is 1. The summed E-state index contributed by atoms with van der Waals surface area (Å²) in [5.74, 6) is 0.424. The zero-order chi connectivity index (χ0) is 12.7. The number of hydrogen-bond acceptors (Lipinski definition) is 4. The second kappa shape index (κ2) is 4.24. The van der Waals surface area contributed by atoms with Crippen molar-refractivity contribution in [1.82, 2.24) is 4.98 Å². The molecule has 1 aromatic rings. The molecule has 2 aliphatic rings. The highest BCUT2D eigenvalue weighted by atomic mass is 16.5. The van der Waals surface area contributed by atoms with E-state index >= 15 is 0 Å². The summed E-state index contributed by atoms with van der Waals surface area (Å²) < 4.78 is 5.20. The van der Waals surface area contributed by atoms with Gasteiger partial charge in [0.05, 0.1) is 13.2 Å². The third kappa shape index (κ3) is 1.95. The van der Waals surface area contributed by atoms with E-state index < -0.39 is 5.97 Å². The molecule has 0 bridgehead atoms. The van der Waals surface area contributed by atoms with Crippen molar-refractivity contribution >= 4 is 11.7 Å². The number of aryl methyl sites for hydroxylation is 1. The van der Waals surface area contributed by atoms with Crippen LogP contribution in [0, 0.1) is 18.8 Å². The van der Waals surface area contributed by atoms with E-state index in [4.69, 9.17) is 9.84 Å². The van der Waals surface area contributed by atoms with E-state index in [1.165, 1.54) is 0 Å². The Morgan fingerprint density at radius 3 is 2.67 bits per heavy atom. The molecule has 0 amide bonds. The number of carbonyl (C=O) groups is 1. The molecule has 3 rings (SSSR count). The Hall–Kier alpha value is -1.62. The normalized spacial score (nSPS) is 20.4. The van der Waals surface area contributed by atoms with Gasteiger partial charge in [0.2, 0.25) is 0 Å². The standard InChI is InChI=1S/C13H16N2O3/c1-8-2-11(3-12(14-8)13(16)17)15-4-9(5-15)10-6-18-7-10/h2-3,9-10H,4-7H2,1H3,(H,16,17). The van der Waals surface area contributed by atoms with Gasteiger partial charge in [0.1, 0.15) is 0 Å². The van der Waals surface area contributed by atoms with Crippen LogP contribution in [0.25, 0.3) is 0 Å². The second-order valence-corrected chi connectivity index (χ2v) is 5.12. The maximum atomic E-state index is 11.0. The van der Waals surface area contributed by atoms with E-state index in [1.54, 1.807) is 6.07 Å². The first-order valence-corrected chi connectivity index (χ1v) is 6.18. The van der Waals surface area contributed by atoms with Crippen LogP contribution in [0.5, 0.6) is 0 Å². The van der Waals surface area contributed by atoms with Crippen LogP contribution in [-0.4, -0.2) is 42.4 Å². The van der Waals surface area contributed by atoms with Gasteiger partial charge in [-0.2, -0.15) is 0 Å². The van der Waals surface area contributed by atoms with Crippen LogP contribution < -0.4 is 4.90 Å². The summed E-state index contributed by atoms with van der Waals surface area (Å²) in [6.45, 7) is 5.59. The second-order valence-electron chi connectivity index (χ2n) is 5.12. The lowest BCUT2D eigenvalue weighted by Crippen LogP contribution is -2.54. The number of aromatic carboxylic acids is 1. The molecule has 0 spiro atoms. The van der Waals surface area contributed by atoms with Gasteiger partial charge in [-0.1, -0.05) is 0 Å². The Labute approximate surface area is 105 Å². The highest BCUT2D eigenvalue weighted by Crippen LogP contribution is 2.33. The van der Waals surface area contributed by atoms with Crippen LogP contribution in [0.1, 0.15) is 16.2 Å². The van der Waals surface area contributed by atoms with Gasteiger partial charge in [0, 0.05) is 36.3 Å². The van der Waals surface area contributed by atoms with Crippen molar-refractivity contribution in [2.75, 3.05) is 31.2 Å². The van der Waals surface area contributed by atoms with Crippen LogP contribution >= 0.6 is 0 Å². The third-order valence-electron chi connectivity index (χ3n) is 3.76. The minimum atomic E-state index is -0.968. The number of carboxylic acid groups (broad SMARTS) is 1. The first-order valence-electron chi connectivity index (χ1n) is 6.18. The summed E-state index contributed by atoms with van der Waals surface area (Å²) in [5.41, 5.74) is 1.84. The van der Waals surface area contributed by atoms with Gasteiger partial charge in [-0.05, 0) is 19.1 Å². The predicted molar refractivity (Wildman–Crippen MR) is 65.9 cm³/mol. The maximum absolute atomic E-state index is 11.0. The van der Waals surface area contributed by atoms with Crippen molar-refractivity contribution in [3.63, 3.8) is 0 Å². The van der Waals surface area contributed by atoms with Crippen molar-refractivity contribution in [1.29, 1.82) is 0 Å². The van der Waals surface area contributed by atoms with Gasteiger partial charge in [0.15, 0.2) is 5.69 Å². The molecular formula is C13H16N2O3. The Morgan fingerprint density at radius 2 is 2.11 bits per heavy atom. The van der Waals surface area contributed by atoms with Crippen molar-refractivity contribution in [2.45, 2.75) is 6.92 Å². The lowest BCUT2D eigenvalue weighted by Gasteiger charge is -2.47. The number of carboxylic acids is 1.